The number of tetrazole rings is 1. The van der Waals surface area contributed by atoms with E-state index >= 15 is 0 Å². The molecule has 0 radical (unpaired) electrons. The minimum absolute atomic E-state index is 0.176. The van der Waals surface area contributed by atoms with Gasteiger partial charge in [0.25, 0.3) is 0 Å². The normalized spacial score (nSPS) is 14.3. The standard InChI is InChI=1S/C11H17F3N4O2/c1-10(2,3)4-7(9(19)20)6-18-8(15-16-17-18)5-11(12,13)14/h7H,4-6H2,1-3H3,(H,19,20). The van der Waals surface area contributed by atoms with Crippen LogP contribution in [0.2, 0.25) is 0 Å². The SMILES string of the molecule is CC(C)(C)CC(Cn1nnnc1CC(F)(F)F)C(=O)O. The van der Waals surface area contributed by atoms with Crippen molar-refractivity contribution in [2.45, 2.75) is 46.3 Å². The molecule has 0 bridgehead atoms. The second-order valence-corrected chi connectivity index (χ2v) is 5.87. The number of aliphatic carboxylic acids is 1. The van der Waals surface area contributed by atoms with Crippen molar-refractivity contribution in [3.8, 4) is 0 Å². The molecule has 0 saturated heterocycles. The minimum Gasteiger partial charge on any atom is -0.481 e. The Kier molecular flexibility index (Phi) is 4.72. The molecule has 1 aromatic rings. The Bertz CT molecular complexity index is 465. The van der Waals surface area contributed by atoms with Gasteiger partial charge in [-0.05, 0) is 22.3 Å². The predicted octanol–water partition coefficient (Wildman–Crippen LogP) is 1.91. The van der Waals surface area contributed by atoms with E-state index in [0.717, 1.165) is 4.68 Å². The van der Waals surface area contributed by atoms with Crippen LogP contribution in [0.1, 0.15) is 33.0 Å². The lowest BCUT2D eigenvalue weighted by Crippen LogP contribution is -2.27. The fraction of sp³-hybridized carbons (Fsp3) is 0.818. The van der Waals surface area contributed by atoms with Crippen molar-refractivity contribution in [3.63, 3.8) is 0 Å². The van der Waals surface area contributed by atoms with E-state index in [-0.39, 0.29) is 17.8 Å². The highest BCUT2D eigenvalue weighted by molar-refractivity contribution is 5.69. The lowest BCUT2D eigenvalue weighted by molar-refractivity contribution is -0.143. The second kappa shape index (κ2) is 5.76. The maximum absolute atomic E-state index is 12.3. The molecule has 0 amide bonds. The molecule has 1 rings (SSSR count). The molecule has 0 spiro atoms. The molecule has 0 aromatic carbocycles. The van der Waals surface area contributed by atoms with Crippen molar-refractivity contribution < 1.29 is 23.1 Å². The van der Waals surface area contributed by atoms with Crippen LogP contribution in [0.3, 0.4) is 0 Å². The van der Waals surface area contributed by atoms with Crippen LogP contribution in [0, 0.1) is 11.3 Å². The molecule has 1 atom stereocenters. The van der Waals surface area contributed by atoms with Gasteiger partial charge in [0, 0.05) is 0 Å². The molecule has 0 aliphatic heterocycles. The van der Waals surface area contributed by atoms with Crippen LogP contribution in [-0.2, 0) is 17.8 Å². The zero-order valence-corrected chi connectivity index (χ0v) is 11.5. The van der Waals surface area contributed by atoms with Gasteiger partial charge < -0.3 is 5.11 Å². The molecule has 1 N–H and O–H groups in total. The van der Waals surface area contributed by atoms with Gasteiger partial charge in [-0.25, -0.2) is 4.68 Å². The third kappa shape index (κ3) is 5.54. The first kappa shape index (κ1) is 16.4. The van der Waals surface area contributed by atoms with E-state index in [2.05, 4.69) is 15.5 Å². The Hall–Kier alpha value is -1.67. The summed E-state index contributed by atoms with van der Waals surface area (Å²) in [5.74, 6) is -2.29. The maximum Gasteiger partial charge on any atom is 0.396 e. The minimum atomic E-state index is -4.44. The molecule has 1 aromatic heterocycles. The first-order valence-electron chi connectivity index (χ1n) is 6.02. The van der Waals surface area contributed by atoms with E-state index in [9.17, 15) is 18.0 Å². The van der Waals surface area contributed by atoms with Crippen LogP contribution < -0.4 is 0 Å². The van der Waals surface area contributed by atoms with Gasteiger partial charge in [0.1, 0.15) is 6.42 Å². The molecule has 20 heavy (non-hydrogen) atoms. The van der Waals surface area contributed by atoms with E-state index in [1.165, 1.54) is 0 Å². The van der Waals surface area contributed by atoms with E-state index < -0.39 is 24.5 Å². The number of alkyl halides is 3. The van der Waals surface area contributed by atoms with Crippen LogP contribution in [0.4, 0.5) is 13.2 Å². The number of rotatable bonds is 5. The van der Waals surface area contributed by atoms with Crippen molar-refractivity contribution in [2.24, 2.45) is 11.3 Å². The zero-order valence-electron chi connectivity index (χ0n) is 11.5. The molecule has 1 unspecified atom stereocenters. The van der Waals surface area contributed by atoms with E-state index in [1.807, 2.05) is 20.8 Å². The monoisotopic (exact) mass is 294 g/mol. The van der Waals surface area contributed by atoms with Crippen molar-refractivity contribution in [2.75, 3.05) is 0 Å². The van der Waals surface area contributed by atoms with E-state index in [1.54, 1.807) is 0 Å². The van der Waals surface area contributed by atoms with Crippen molar-refractivity contribution in [1.82, 2.24) is 20.2 Å². The third-order valence-corrected chi connectivity index (χ3v) is 2.57. The summed E-state index contributed by atoms with van der Waals surface area (Å²) in [4.78, 5) is 11.2. The highest BCUT2D eigenvalue weighted by Gasteiger charge is 2.32. The summed E-state index contributed by atoms with van der Waals surface area (Å²) in [6.07, 6.45) is -5.40. The number of halogens is 3. The fourth-order valence-electron chi connectivity index (χ4n) is 1.85. The van der Waals surface area contributed by atoms with Gasteiger partial charge >= 0.3 is 12.1 Å². The molecule has 0 aliphatic rings. The lowest BCUT2D eigenvalue weighted by atomic mass is 9.84. The smallest absolute Gasteiger partial charge is 0.396 e. The molecule has 0 fully saturated rings. The Morgan fingerprint density at radius 1 is 1.35 bits per heavy atom. The molecule has 0 saturated carbocycles. The average Bonchev–Trinajstić information content (AvgIpc) is 2.59. The molecule has 0 aliphatic carbocycles. The summed E-state index contributed by atoms with van der Waals surface area (Å²) in [6, 6.07) is 0. The quantitative estimate of drug-likeness (QED) is 0.897. The van der Waals surface area contributed by atoms with Crippen molar-refractivity contribution >= 4 is 5.97 Å². The summed E-state index contributed by atoms with van der Waals surface area (Å²) in [5.41, 5.74) is -0.263. The molecule has 9 heteroatoms. The maximum atomic E-state index is 12.3. The highest BCUT2D eigenvalue weighted by atomic mass is 19.4. The van der Waals surface area contributed by atoms with Crippen molar-refractivity contribution in [3.05, 3.63) is 5.82 Å². The van der Waals surface area contributed by atoms with Gasteiger partial charge in [-0.15, -0.1) is 5.10 Å². The third-order valence-electron chi connectivity index (χ3n) is 2.57. The first-order valence-corrected chi connectivity index (χ1v) is 6.02. The van der Waals surface area contributed by atoms with Crippen LogP contribution in [0.5, 0.6) is 0 Å². The Morgan fingerprint density at radius 3 is 2.40 bits per heavy atom. The van der Waals surface area contributed by atoms with E-state index in [0.29, 0.717) is 6.42 Å². The topological polar surface area (TPSA) is 80.9 Å². The summed E-state index contributed by atoms with van der Waals surface area (Å²) in [7, 11) is 0. The van der Waals surface area contributed by atoms with Gasteiger partial charge in [0.2, 0.25) is 0 Å². The Morgan fingerprint density at radius 2 is 1.95 bits per heavy atom. The van der Waals surface area contributed by atoms with Crippen LogP contribution >= 0.6 is 0 Å². The van der Waals surface area contributed by atoms with Gasteiger partial charge in [-0.1, -0.05) is 20.8 Å². The highest BCUT2D eigenvalue weighted by Crippen LogP contribution is 2.26. The van der Waals surface area contributed by atoms with Crippen LogP contribution in [-0.4, -0.2) is 37.5 Å². The lowest BCUT2D eigenvalue weighted by Gasteiger charge is -2.23. The van der Waals surface area contributed by atoms with E-state index in [4.69, 9.17) is 5.11 Å². The molecule has 1 heterocycles. The predicted molar refractivity (Wildman–Crippen MR) is 62.8 cm³/mol. The summed E-state index contributed by atoms with van der Waals surface area (Å²) < 4.78 is 37.9. The summed E-state index contributed by atoms with van der Waals surface area (Å²) in [5, 5.41) is 19.1. The summed E-state index contributed by atoms with van der Waals surface area (Å²) in [6.45, 7) is 5.41. The largest absolute Gasteiger partial charge is 0.481 e. The number of aromatic nitrogens is 4. The van der Waals surface area contributed by atoms with Gasteiger partial charge in [0.05, 0.1) is 12.5 Å². The average molecular weight is 294 g/mol. The second-order valence-electron chi connectivity index (χ2n) is 5.87. The molecule has 6 nitrogen and oxygen atoms in total. The Balaban J connectivity index is 2.85. The number of hydrogen-bond donors (Lipinski definition) is 1. The molecular weight excluding hydrogens is 277 g/mol. The van der Waals surface area contributed by atoms with Crippen LogP contribution in [0.15, 0.2) is 0 Å². The van der Waals surface area contributed by atoms with Gasteiger partial charge in [0.15, 0.2) is 5.82 Å². The molecule has 114 valence electrons. The number of hydrogen-bond acceptors (Lipinski definition) is 4. The fourth-order valence-corrected chi connectivity index (χ4v) is 1.85. The number of carbonyl (C=O) groups is 1. The summed E-state index contributed by atoms with van der Waals surface area (Å²) >= 11 is 0. The van der Waals surface area contributed by atoms with Gasteiger partial charge in [-0.2, -0.15) is 13.2 Å². The number of carboxylic acid groups (broad SMARTS) is 1. The first-order chi connectivity index (χ1) is 8.98. The number of nitrogens with zero attached hydrogens (tertiary/aromatic N) is 4. The van der Waals surface area contributed by atoms with Crippen LogP contribution in [0.25, 0.3) is 0 Å². The Labute approximate surface area is 114 Å². The zero-order chi connectivity index (χ0) is 15.6. The number of carboxylic acids is 1. The van der Waals surface area contributed by atoms with Gasteiger partial charge in [-0.3, -0.25) is 4.79 Å². The molecular formula is C11H17F3N4O2. The van der Waals surface area contributed by atoms with Crippen molar-refractivity contribution in [1.29, 1.82) is 0 Å².